The van der Waals surface area contributed by atoms with E-state index in [-0.39, 0.29) is 12.1 Å². The Kier molecular flexibility index (Phi) is 4.32. The second-order valence-electron chi connectivity index (χ2n) is 5.95. The molecule has 0 N–H and O–H groups in total. The Morgan fingerprint density at radius 3 is 2.45 bits per heavy atom. The maximum atomic E-state index is 12.0. The molecule has 1 aromatic rings. The first-order valence-electron chi connectivity index (χ1n) is 7.80. The normalized spacial score (nSPS) is 25.5. The summed E-state index contributed by atoms with van der Waals surface area (Å²) in [5.41, 5.74) is 0.986. The zero-order chi connectivity index (χ0) is 15.5. The Morgan fingerprint density at radius 2 is 1.82 bits per heavy atom. The molecular formula is C17H21NO4. The molecule has 0 aromatic heterocycles. The van der Waals surface area contributed by atoms with Gasteiger partial charge in [0, 0.05) is 19.5 Å². The number of hydrogen-bond donors (Lipinski definition) is 0. The van der Waals surface area contributed by atoms with Crippen LogP contribution in [-0.4, -0.2) is 36.7 Å². The molecule has 5 heteroatoms. The Hall–Kier alpha value is -2.04. The summed E-state index contributed by atoms with van der Waals surface area (Å²) in [6.45, 7) is 3.94. The van der Waals surface area contributed by atoms with E-state index < -0.39 is 0 Å². The van der Waals surface area contributed by atoms with Gasteiger partial charge in [0.2, 0.25) is 0 Å². The van der Waals surface area contributed by atoms with Gasteiger partial charge in [-0.3, -0.25) is 4.79 Å². The van der Waals surface area contributed by atoms with Gasteiger partial charge in [-0.05, 0) is 30.2 Å². The van der Waals surface area contributed by atoms with Gasteiger partial charge in [0.05, 0.1) is 6.61 Å². The minimum atomic E-state index is -0.258. The smallest absolute Gasteiger partial charge is 0.410 e. The number of esters is 1. The number of fused-ring (bicyclic) bond motifs is 1. The van der Waals surface area contributed by atoms with Gasteiger partial charge in [0.25, 0.3) is 0 Å². The summed E-state index contributed by atoms with van der Waals surface area (Å²) in [6, 6.07) is 9.65. The van der Waals surface area contributed by atoms with Crippen molar-refractivity contribution in [3.63, 3.8) is 0 Å². The van der Waals surface area contributed by atoms with E-state index in [4.69, 9.17) is 9.47 Å². The predicted molar refractivity (Wildman–Crippen MR) is 79.9 cm³/mol. The average molecular weight is 303 g/mol. The number of benzene rings is 1. The molecule has 3 atom stereocenters. The molecule has 1 unspecified atom stereocenters. The number of carbonyl (C=O) groups is 2. The number of hydrogen-bond acceptors (Lipinski definition) is 4. The fourth-order valence-electron chi connectivity index (χ4n) is 3.32. The van der Waals surface area contributed by atoms with Gasteiger partial charge in [-0.25, -0.2) is 4.79 Å². The van der Waals surface area contributed by atoms with E-state index in [2.05, 4.69) is 0 Å². The van der Waals surface area contributed by atoms with Gasteiger partial charge in [-0.15, -0.1) is 0 Å². The monoisotopic (exact) mass is 303 g/mol. The van der Waals surface area contributed by atoms with Crippen LogP contribution in [0.25, 0.3) is 0 Å². The van der Waals surface area contributed by atoms with Crippen LogP contribution in [0.1, 0.15) is 18.9 Å². The minimum absolute atomic E-state index is 0.125. The van der Waals surface area contributed by atoms with Crippen LogP contribution in [0.15, 0.2) is 30.3 Å². The fourth-order valence-corrected chi connectivity index (χ4v) is 3.32. The quantitative estimate of drug-likeness (QED) is 0.784. The van der Waals surface area contributed by atoms with E-state index in [1.807, 2.05) is 37.3 Å². The van der Waals surface area contributed by atoms with Crippen molar-refractivity contribution in [3.8, 4) is 0 Å². The summed E-state index contributed by atoms with van der Waals surface area (Å²) >= 11 is 0. The van der Waals surface area contributed by atoms with Gasteiger partial charge in [0.1, 0.15) is 6.61 Å². The van der Waals surface area contributed by atoms with Gasteiger partial charge < -0.3 is 14.4 Å². The maximum Gasteiger partial charge on any atom is 0.410 e. The molecule has 118 valence electrons. The maximum absolute atomic E-state index is 12.0. The lowest BCUT2D eigenvalue weighted by molar-refractivity contribution is -0.143. The summed E-state index contributed by atoms with van der Waals surface area (Å²) in [7, 11) is 0. The van der Waals surface area contributed by atoms with Crippen LogP contribution >= 0.6 is 0 Å². The molecule has 1 saturated carbocycles. The first kappa shape index (κ1) is 14.9. The second kappa shape index (κ2) is 6.38. The van der Waals surface area contributed by atoms with Crippen LogP contribution in [-0.2, 0) is 20.9 Å². The fraction of sp³-hybridized carbons (Fsp3) is 0.529. The second-order valence-corrected chi connectivity index (χ2v) is 5.95. The first-order valence-corrected chi connectivity index (χ1v) is 7.80. The SMILES string of the molecule is CCOC(=O)CC1[C@H]2CN(C(=O)OCc3ccccc3)C[C@@H]12. The van der Waals surface area contributed by atoms with Crippen molar-refractivity contribution in [3.05, 3.63) is 35.9 Å². The zero-order valence-corrected chi connectivity index (χ0v) is 12.7. The first-order chi connectivity index (χ1) is 10.7. The molecule has 1 aromatic carbocycles. The van der Waals surface area contributed by atoms with E-state index in [9.17, 15) is 9.59 Å². The minimum Gasteiger partial charge on any atom is -0.466 e. The molecule has 1 heterocycles. The summed E-state index contributed by atoms with van der Waals surface area (Å²) in [6.07, 6.45) is 0.224. The lowest BCUT2D eigenvalue weighted by Crippen LogP contribution is -2.32. The summed E-state index contributed by atoms with van der Waals surface area (Å²) < 4.78 is 10.3. The van der Waals surface area contributed by atoms with E-state index in [1.54, 1.807) is 4.90 Å². The van der Waals surface area contributed by atoms with Gasteiger partial charge in [0.15, 0.2) is 0 Å². The van der Waals surface area contributed by atoms with Crippen molar-refractivity contribution in [1.82, 2.24) is 4.90 Å². The number of likely N-dealkylation sites (tertiary alicyclic amines) is 1. The van der Waals surface area contributed by atoms with Crippen molar-refractivity contribution in [2.24, 2.45) is 17.8 Å². The van der Waals surface area contributed by atoms with Crippen LogP contribution in [0.4, 0.5) is 4.79 Å². The third-order valence-electron chi connectivity index (χ3n) is 4.54. The Labute approximate surface area is 130 Å². The number of amides is 1. The molecule has 3 rings (SSSR count). The van der Waals surface area contributed by atoms with Gasteiger partial charge in [-0.1, -0.05) is 30.3 Å². The average Bonchev–Trinajstić information content (AvgIpc) is 2.97. The van der Waals surface area contributed by atoms with Crippen molar-refractivity contribution < 1.29 is 19.1 Å². The molecule has 1 amide bonds. The number of carbonyl (C=O) groups excluding carboxylic acids is 2. The highest BCUT2D eigenvalue weighted by Crippen LogP contribution is 2.53. The highest BCUT2D eigenvalue weighted by Gasteiger charge is 2.57. The number of piperidine rings is 1. The Balaban J connectivity index is 1.40. The Bertz CT molecular complexity index is 533. The van der Waals surface area contributed by atoms with Crippen molar-refractivity contribution in [2.45, 2.75) is 20.0 Å². The van der Waals surface area contributed by atoms with E-state index >= 15 is 0 Å². The standard InChI is InChI=1S/C17H21NO4/c1-2-21-16(19)8-13-14-9-18(10-15(13)14)17(20)22-11-12-6-4-3-5-7-12/h3-7,13-15H,2,8-11H2,1H3/t13?,14-,15+. The van der Waals surface area contributed by atoms with Crippen LogP contribution in [0.5, 0.6) is 0 Å². The number of rotatable bonds is 5. The summed E-state index contributed by atoms with van der Waals surface area (Å²) in [4.78, 5) is 25.3. The van der Waals surface area contributed by atoms with Gasteiger partial charge in [-0.2, -0.15) is 0 Å². The highest BCUT2D eigenvalue weighted by atomic mass is 16.6. The van der Waals surface area contributed by atoms with Crippen molar-refractivity contribution in [1.29, 1.82) is 0 Å². The lowest BCUT2D eigenvalue weighted by Gasteiger charge is -2.19. The number of ether oxygens (including phenoxy) is 2. The topological polar surface area (TPSA) is 55.8 Å². The molecule has 1 aliphatic heterocycles. The van der Waals surface area contributed by atoms with Gasteiger partial charge >= 0.3 is 12.1 Å². The highest BCUT2D eigenvalue weighted by molar-refractivity contribution is 5.71. The summed E-state index contributed by atoms with van der Waals surface area (Å²) in [5, 5.41) is 0. The molecule has 1 saturated heterocycles. The van der Waals surface area contributed by atoms with Crippen LogP contribution < -0.4 is 0 Å². The van der Waals surface area contributed by atoms with Crippen LogP contribution in [0.3, 0.4) is 0 Å². The number of nitrogens with zero attached hydrogens (tertiary/aromatic N) is 1. The van der Waals surface area contributed by atoms with Crippen LogP contribution in [0.2, 0.25) is 0 Å². The molecule has 2 fully saturated rings. The van der Waals surface area contributed by atoms with Crippen LogP contribution in [0, 0.1) is 17.8 Å². The summed E-state index contributed by atoms with van der Waals surface area (Å²) in [5.74, 6) is 1.14. The molecule has 0 spiro atoms. The molecule has 1 aliphatic carbocycles. The molecule has 22 heavy (non-hydrogen) atoms. The molecule has 2 aliphatic rings. The third kappa shape index (κ3) is 3.24. The zero-order valence-electron chi connectivity index (χ0n) is 12.7. The van der Waals surface area contributed by atoms with E-state index in [0.29, 0.717) is 50.5 Å². The molecular weight excluding hydrogens is 282 g/mol. The largest absolute Gasteiger partial charge is 0.466 e. The van der Waals surface area contributed by atoms with E-state index in [1.165, 1.54) is 0 Å². The Morgan fingerprint density at radius 1 is 1.14 bits per heavy atom. The molecule has 0 bridgehead atoms. The van der Waals surface area contributed by atoms with E-state index in [0.717, 1.165) is 5.56 Å². The molecule has 5 nitrogen and oxygen atoms in total. The van der Waals surface area contributed by atoms with Crippen molar-refractivity contribution >= 4 is 12.1 Å². The predicted octanol–water partition coefficient (Wildman–Crippen LogP) is 2.45. The lowest BCUT2D eigenvalue weighted by atomic mass is 10.2. The third-order valence-corrected chi connectivity index (χ3v) is 4.54. The molecule has 0 radical (unpaired) electrons. The van der Waals surface area contributed by atoms with Crippen molar-refractivity contribution in [2.75, 3.05) is 19.7 Å².